The van der Waals surface area contributed by atoms with E-state index >= 15 is 0 Å². The summed E-state index contributed by atoms with van der Waals surface area (Å²) in [5.41, 5.74) is 7.09. The Balaban J connectivity index is 2.44. The van der Waals surface area contributed by atoms with Gasteiger partial charge in [0.1, 0.15) is 10.6 Å². The van der Waals surface area contributed by atoms with Crippen LogP contribution in [0.15, 0.2) is 46.3 Å². The van der Waals surface area contributed by atoms with Crippen LogP contribution in [0.2, 0.25) is 0 Å². The van der Waals surface area contributed by atoms with E-state index in [1.807, 2.05) is 5.48 Å². The lowest BCUT2D eigenvalue weighted by atomic mass is 10.3. The van der Waals surface area contributed by atoms with Gasteiger partial charge in [-0.1, -0.05) is 12.1 Å². The first-order chi connectivity index (χ1) is 12.6. The predicted molar refractivity (Wildman–Crippen MR) is 86.3 cm³/mol. The number of para-hydroxylation sites is 1. The molecule has 1 aromatic carbocycles. The molecule has 2 rings (SSSR count). The summed E-state index contributed by atoms with van der Waals surface area (Å²) >= 11 is 0. The zero-order valence-electron chi connectivity index (χ0n) is 13.8. The number of nitrogens with two attached hydrogens (primary N) is 1. The van der Waals surface area contributed by atoms with Crippen LogP contribution >= 0.6 is 0 Å². The molecule has 1 heterocycles. The van der Waals surface area contributed by atoms with Gasteiger partial charge < -0.3 is 10.5 Å². The third-order valence-corrected chi connectivity index (χ3v) is 4.85. The Morgan fingerprint density at radius 3 is 2.56 bits per heavy atom. The van der Waals surface area contributed by atoms with E-state index in [0.717, 1.165) is 24.4 Å². The van der Waals surface area contributed by atoms with Crippen LogP contribution in [0.4, 0.5) is 18.9 Å². The molecule has 0 saturated heterocycles. The average molecular weight is 405 g/mol. The number of alkyl halides is 3. The number of carbonyl (C=O) groups is 1. The van der Waals surface area contributed by atoms with Gasteiger partial charge in [-0.05, 0) is 25.1 Å². The molecular weight excluding hydrogens is 391 g/mol. The molecule has 1 amide bonds. The van der Waals surface area contributed by atoms with Crippen molar-refractivity contribution in [2.24, 2.45) is 0 Å². The Morgan fingerprint density at radius 2 is 1.96 bits per heavy atom. The highest BCUT2D eigenvalue weighted by Gasteiger charge is 2.34. The largest absolute Gasteiger partial charge is 0.573 e. The van der Waals surface area contributed by atoms with Crippen molar-refractivity contribution >= 4 is 21.4 Å². The van der Waals surface area contributed by atoms with E-state index in [1.54, 1.807) is 6.92 Å². The Bertz CT molecular complexity index is 948. The van der Waals surface area contributed by atoms with Gasteiger partial charge in [0.25, 0.3) is 5.91 Å². The standard InChI is InChI=1S/C15H14F3N3O5S/c1-2-25-21-14(22)13-10(19)7-9(8-20-13)27(23,24)12-6-4-3-5-11(12)26-15(16,17)18/h3-8H,2,19H2,1H3,(H,21,22). The maximum atomic E-state index is 12.7. The monoisotopic (exact) mass is 405 g/mol. The highest BCUT2D eigenvalue weighted by molar-refractivity contribution is 7.91. The third-order valence-electron chi connectivity index (χ3n) is 3.09. The van der Waals surface area contributed by atoms with Crippen molar-refractivity contribution in [3.8, 4) is 5.75 Å². The van der Waals surface area contributed by atoms with Gasteiger partial charge in [0.05, 0.1) is 17.2 Å². The number of nitrogens with one attached hydrogen (secondary N) is 1. The second kappa shape index (κ2) is 7.80. The van der Waals surface area contributed by atoms with Crippen LogP contribution in [0, 0.1) is 0 Å². The first kappa shape index (κ1) is 20.5. The molecule has 0 aliphatic rings. The molecular formula is C15H14F3N3O5S. The number of hydrogen-bond acceptors (Lipinski definition) is 7. The number of carbonyl (C=O) groups excluding carboxylic acids is 1. The Labute approximate surface area is 152 Å². The number of hydroxylamine groups is 1. The van der Waals surface area contributed by atoms with Gasteiger partial charge in [-0.3, -0.25) is 9.63 Å². The fraction of sp³-hybridized carbons (Fsp3) is 0.200. The number of pyridine rings is 1. The van der Waals surface area contributed by atoms with E-state index < -0.39 is 37.6 Å². The number of hydrogen-bond donors (Lipinski definition) is 2. The molecule has 0 unspecified atom stereocenters. The number of nitrogen functional groups attached to an aromatic ring is 1. The van der Waals surface area contributed by atoms with Gasteiger partial charge in [0.2, 0.25) is 9.84 Å². The average Bonchev–Trinajstić information content (AvgIpc) is 2.58. The molecule has 0 radical (unpaired) electrons. The minimum absolute atomic E-state index is 0.175. The number of nitrogens with zero attached hydrogens (tertiary/aromatic N) is 1. The summed E-state index contributed by atoms with van der Waals surface area (Å²) in [5, 5.41) is 0. The van der Waals surface area contributed by atoms with Crippen LogP contribution < -0.4 is 16.0 Å². The van der Waals surface area contributed by atoms with Crippen LogP contribution in [0.3, 0.4) is 0 Å². The fourth-order valence-corrected chi connectivity index (χ4v) is 3.35. The lowest BCUT2D eigenvalue weighted by Crippen LogP contribution is -2.25. The van der Waals surface area contributed by atoms with Crippen molar-refractivity contribution in [2.45, 2.75) is 23.1 Å². The molecule has 1 aromatic heterocycles. The first-order valence-electron chi connectivity index (χ1n) is 7.33. The number of sulfone groups is 1. The third kappa shape index (κ3) is 4.86. The van der Waals surface area contributed by atoms with Gasteiger partial charge in [-0.2, -0.15) is 0 Å². The van der Waals surface area contributed by atoms with Crippen LogP contribution in [0.1, 0.15) is 17.4 Å². The maximum Gasteiger partial charge on any atom is 0.573 e. The number of anilines is 1. The summed E-state index contributed by atoms with van der Waals surface area (Å²) in [6.45, 7) is 1.79. The minimum Gasteiger partial charge on any atom is -0.404 e. The van der Waals surface area contributed by atoms with Crippen molar-refractivity contribution in [3.05, 3.63) is 42.2 Å². The number of aromatic nitrogens is 1. The van der Waals surface area contributed by atoms with Gasteiger partial charge in [-0.15, -0.1) is 13.2 Å². The second-order valence-corrected chi connectivity index (χ2v) is 6.89. The summed E-state index contributed by atoms with van der Waals surface area (Å²) in [5.74, 6) is -1.71. The van der Waals surface area contributed by atoms with E-state index in [4.69, 9.17) is 10.6 Å². The second-order valence-electron chi connectivity index (χ2n) is 4.97. The molecule has 8 nitrogen and oxygen atoms in total. The minimum atomic E-state index is -5.08. The van der Waals surface area contributed by atoms with Gasteiger partial charge >= 0.3 is 6.36 Å². The number of ether oxygens (including phenoxy) is 1. The summed E-state index contributed by atoms with van der Waals surface area (Å²) in [7, 11) is -4.45. The van der Waals surface area contributed by atoms with Crippen LogP contribution in [0.25, 0.3) is 0 Å². The maximum absolute atomic E-state index is 12.7. The molecule has 0 aliphatic heterocycles. The van der Waals surface area contributed by atoms with E-state index in [9.17, 15) is 26.4 Å². The molecule has 0 atom stereocenters. The van der Waals surface area contributed by atoms with Gasteiger partial charge in [0, 0.05) is 6.20 Å². The van der Waals surface area contributed by atoms with Gasteiger partial charge in [0.15, 0.2) is 5.69 Å². The lowest BCUT2D eigenvalue weighted by molar-refractivity contribution is -0.275. The van der Waals surface area contributed by atoms with E-state index in [1.165, 1.54) is 12.1 Å². The predicted octanol–water partition coefficient (Wildman–Crippen LogP) is 2.08. The molecule has 0 fully saturated rings. The molecule has 0 aliphatic carbocycles. The van der Waals surface area contributed by atoms with Crippen molar-refractivity contribution in [2.75, 3.05) is 12.3 Å². The Morgan fingerprint density at radius 1 is 1.30 bits per heavy atom. The number of rotatable bonds is 6. The molecule has 12 heteroatoms. The number of benzene rings is 1. The van der Waals surface area contributed by atoms with E-state index in [2.05, 4.69) is 9.72 Å². The zero-order valence-corrected chi connectivity index (χ0v) is 14.6. The summed E-state index contributed by atoms with van der Waals surface area (Å²) in [6, 6.07) is 5.14. The van der Waals surface area contributed by atoms with Crippen molar-refractivity contribution < 1.29 is 36.0 Å². The molecule has 0 spiro atoms. The number of amides is 1. The normalized spacial score (nSPS) is 11.9. The Kier molecular flexibility index (Phi) is 5.91. The molecule has 27 heavy (non-hydrogen) atoms. The quantitative estimate of drug-likeness (QED) is 0.706. The summed E-state index contributed by atoms with van der Waals surface area (Å²) in [4.78, 5) is 18.9. The highest BCUT2D eigenvalue weighted by atomic mass is 32.2. The van der Waals surface area contributed by atoms with Crippen molar-refractivity contribution in [1.82, 2.24) is 10.5 Å². The molecule has 0 saturated carbocycles. The SMILES string of the molecule is CCONC(=O)c1ncc(S(=O)(=O)c2ccccc2OC(F)(F)F)cc1N. The van der Waals surface area contributed by atoms with Gasteiger partial charge in [-0.25, -0.2) is 18.9 Å². The Hall–Kier alpha value is -2.86. The van der Waals surface area contributed by atoms with Crippen LogP contribution in [0.5, 0.6) is 5.75 Å². The fourth-order valence-electron chi connectivity index (χ4n) is 1.99. The van der Waals surface area contributed by atoms with Crippen LogP contribution in [-0.2, 0) is 14.7 Å². The lowest BCUT2D eigenvalue weighted by Gasteiger charge is -2.14. The van der Waals surface area contributed by atoms with Crippen molar-refractivity contribution in [1.29, 1.82) is 0 Å². The summed E-state index contributed by atoms with van der Waals surface area (Å²) in [6.07, 6.45) is -4.28. The summed E-state index contributed by atoms with van der Waals surface area (Å²) < 4.78 is 66.7. The van der Waals surface area contributed by atoms with E-state index in [0.29, 0.717) is 0 Å². The topological polar surface area (TPSA) is 121 Å². The highest BCUT2D eigenvalue weighted by Crippen LogP contribution is 2.33. The molecule has 2 aromatic rings. The number of halogens is 3. The van der Waals surface area contributed by atoms with Crippen molar-refractivity contribution in [3.63, 3.8) is 0 Å². The van der Waals surface area contributed by atoms with E-state index in [-0.39, 0.29) is 18.0 Å². The molecule has 0 bridgehead atoms. The molecule has 146 valence electrons. The van der Waals surface area contributed by atoms with Crippen LogP contribution in [-0.4, -0.2) is 32.3 Å². The molecule has 3 N–H and O–H groups in total. The first-order valence-corrected chi connectivity index (χ1v) is 8.82. The zero-order chi connectivity index (χ0) is 20.2. The smallest absolute Gasteiger partial charge is 0.404 e.